The fourth-order valence-corrected chi connectivity index (χ4v) is 1.48. The molecule has 1 rings (SSSR count). The molecule has 1 aromatic rings. The van der Waals surface area contributed by atoms with Gasteiger partial charge in [0, 0.05) is 19.5 Å². The lowest BCUT2D eigenvalue weighted by molar-refractivity contribution is 0.251. The Morgan fingerprint density at radius 3 is 2.44 bits per heavy atom. The maximum atomic E-state index is 5.75. The minimum Gasteiger partial charge on any atom is -0.476 e. The van der Waals surface area contributed by atoms with Gasteiger partial charge in [0.2, 0.25) is 5.88 Å². The molecule has 0 radical (unpaired) electrons. The Balaban J connectivity index is 2.91. The predicted octanol–water partition coefficient (Wildman–Crippen LogP) is 1.89. The van der Waals surface area contributed by atoms with E-state index < -0.39 is 0 Å². The highest BCUT2D eigenvalue weighted by Gasteiger charge is 2.13. The van der Waals surface area contributed by atoms with E-state index in [2.05, 4.69) is 34.0 Å². The van der Waals surface area contributed by atoms with Crippen molar-refractivity contribution < 1.29 is 4.74 Å². The minimum absolute atomic E-state index is 0.286. The first kappa shape index (κ1) is 14.7. The van der Waals surface area contributed by atoms with Gasteiger partial charge in [-0.05, 0) is 21.0 Å². The molecule has 0 bridgehead atoms. The number of nitrogens with one attached hydrogen (secondary N) is 1. The second-order valence-corrected chi connectivity index (χ2v) is 4.92. The lowest BCUT2D eigenvalue weighted by atomic mass is 10.2. The molecule has 0 aromatic carbocycles. The molecule has 1 aromatic heterocycles. The maximum Gasteiger partial charge on any atom is 0.221 e. The van der Waals surface area contributed by atoms with E-state index in [-0.39, 0.29) is 5.92 Å². The first-order valence-corrected chi connectivity index (χ1v) is 6.29. The fraction of sp³-hybridized carbons (Fsp3) is 0.692. The summed E-state index contributed by atoms with van der Waals surface area (Å²) in [6, 6.07) is 0. The van der Waals surface area contributed by atoms with Gasteiger partial charge in [-0.2, -0.15) is 4.98 Å². The maximum absolute atomic E-state index is 5.75. The van der Waals surface area contributed by atoms with Gasteiger partial charge in [0.1, 0.15) is 18.2 Å². The van der Waals surface area contributed by atoms with Gasteiger partial charge in [0.05, 0.1) is 5.56 Å². The van der Waals surface area contributed by atoms with Gasteiger partial charge in [-0.15, -0.1) is 0 Å². The van der Waals surface area contributed by atoms with E-state index in [1.165, 1.54) is 0 Å². The van der Waals surface area contributed by atoms with Gasteiger partial charge in [-0.25, -0.2) is 4.98 Å². The van der Waals surface area contributed by atoms with Gasteiger partial charge in [-0.1, -0.05) is 13.8 Å². The molecule has 0 aliphatic heterocycles. The highest BCUT2D eigenvalue weighted by Crippen LogP contribution is 2.24. The number of aromatic nitrogens is 2. The first-order chi connectivity index (χ1) is 8.45. The number of hydrogen-bond donors (Lipinski definition) is 1. The third-order valence-corrected chi connectivity index (χ3v) is 2.65. The molecule has 0 saturated carbocycles. The topological polar surface area (TPSA) is 50.3 Å². The van der Waals surface area contributed by atoms with E-state index in [0.29, 0.717) is 12.5 Å². The Morgan fingerprint density at radius 1 is 1.28 bits per heavy atom. The van der Waals surface area contributed by atoms with Crippen molar-refractivity contribution in [1.29, 1.82) is 0 Å². The molecule has 0 amide bonds. The van der Waals surface area contributed by atoms with E-state index >= 15 is 0 Å². The van der Waals surface area contributed by atoms with E-state index in [1.54, 1.807) is 0 Å². The molecule has 0 aliphatic rings. The molecule has 5 heteroatoms. The smallest absolute Gasteiger partial charge is 0.221 e. The van der Waals surface area contributed by atoms with Crippen LogP contribution in [0.25, 0.3) is 0 Å². The molecule has 0 atom stereocenters. The molecular weight excluding hydrogens is 228 g/mol. The van der Waals surface area contributed by atoms with Crippen LogP contribution < -0.4 is 10.1 Å². The van der Waals surface area contributed by atoms with Crippen LogP contribution in [0.4, 0.5) is 5.82 Å². The van der Waals surface area contributed by atoms with Crippen LogP contribution in [0, 0.1) is 6.92 Å². The van der Waals surface area contributed by atoms with Crippen LogP contribution in [0.3, 0.4) is 0 Å². The van der Waals surface area contributed by atoms with Crippen LogP contribution in [-0.2, 0) is 0 Å². The first-order valence-electron chi connectivity index (χ1n) is 6.29. The van der Waals surface area contributed by atoms with Crippen molar-refractivity contribution in [2.75, 3.05) is 39.6 Å². The van der Waals surface area contributed by atoms with Crippen molar-refractivity contribution in [2.24, 2.45) is 0 Å². The van der Waals surface area contributed by atoms with Crippen molar-refractivity contribution in [3.63, 3.8) is 0 Å². The number of anilines is 1. The Hall–Kier alpha value is -1.36. The number of ether oxygens (including phenoxy) is 1. The third kappa shape index (κ3) is 3.84. The van der Waals surface area contributed by atoms with E-state index in [1.807, 2.05) is 28.1 Å². The summed E-state index contributed by atoms with van der Waals surface area (Å²) in [4.78, 5) is 11.0. The molecule has 1 N–H and O–H groups in total. The van der Waals surface area contributed by atoms with E-state index in [4.69, 9.17) is 4.74 Å². The van der Waals surface area contributed by atoms with E-state index in [9.17, 15) is 0 Å². The van der Waals surface area contributed by atoms with Crippen molar-refractivity contribution in [1.82, 2.24) is 14.9 Å². The second-order valence-electron chi connectivity index (χ2n) is 4.92. The lowest BCUT2D eigenvalue weighted by Crippen LogP contribution is -2.20. The molecular formula is C13H24N4O. The zero-order valence-corrected chi connectivity index (χ0v) is 12.2. The molecule has 1 heterocycles. The predicted molar refractivity (Wildman–Crippen MR) is 74.5 cm³/mol. The molecule has 18 heavy (non-hydrogen) atoms. The summed E-state index contributed by atoms with van der Waals surface area (Å²) in [7, 11) is 5.91. The lowest BCUT2D eigenvalue weighted by Gasteiger charge is -2.15. The summed E-state index contributed by atoms with van der Waals surface area (Å²) >= 11 is 0. The number of likely N-dealkylation sites (N-methyl/N-ethyl adjacent to an activating group) is 1. The summed E-state index contributed by atoms with van der Waals surface area (Å²) in [5.74, 6) is 2.62. The van der Waals surface area contributed by atoms with Crippen molar-refractivity contribution >= 4 is 5.82 Å². The average molecular weight is 252 g/mol. The molecule has 102 valence electrons. The summed E-state index contributed by atoms with van der Waals surface area (Å²) in [5, 5.41) is 3.09. The van der Waals surface area contributed by atoms with E-state index in [0.717, 1.165) is 23.8 Å². The fourth-order valence-electron chi connectivity index (χ4n) is 1.48. The largest absolute Gasteiger partial charge is 0.476 e. The standard InChI is InChI=1S/C13H24N4O/c1-9(2)11-15-12(14-4)10(3)13(16-11)18-8-7-17(5)6/h9H,7-8H2,1-6H3,(H,14,15,16). The van der Waals surface area contributed by atoms with Gasteiger partial charge >= 0.3 is 0 Å². The third-order valence-electron chi connectivity index (χ3n) is 2.65. The summed E-state index contributed by atoms with van der Waals surface area (Å²) < 4.78 is 5.75. The molecule has 0 fully saturated rings. The average Bonchev–Trinajstić information content (AvgIpc) is 2.30. The van der Waals surface area contributed by atoms with Gasteiger partial charge < -0.3 is 15.0 Å². The number of hydrogen-bond acceptors (Lipinski definition) is 5. The van der Waals surface area contributed by atoms with Crippen LogP contribution in [0.1, 0.15) is 31.2 Å². The summed E-state index contributed by atoms with van der Waals surface area (Å²) in [6.07, 6.45) is 0. The summed E-state index contributed by atoms with van der Waals surface area (Å²) in [6.45, 7) is 7.63. The second kappa shape index (κ2) is 6.54. The summed E-state index contributed by atoms with van der Waals surface area (Å²) in [5.41, 5.74) is 0.959. The number of rotatable bonds is 6. The van der Waals surface area contributed by atoms with Gasteiger partial charge in [0.25, 0.3) is 0 Å². The van der Waals surface area contributed by atoms with Crippen LogP contribution >= 0.6 is 0 Å². The zero-order valence-electron chi connectivity index (χ0n) is 12.2. The SMILES string of the molecule is CNc1nc(C(C)C)nc(OCCN(C)C)c1C. The van der Waals surface area contributed by atoms with Crippen LogP contribution in [-0.4, -0.2) is 49.2 Å². The Bertz CT molecular complexity index is 391. The molecule has 0 aliphatic carbocycles. The molecule has 0 saturated heterocycles. The molecule has 0 spiro atoms. The van der Waals surface area contributed by atoms with Gasteiger partial charge in [-0.3, -0.25) is 0 Å². The minimum atomic E-state index is 0.286. The van der Waals surface area contributed by atoms with Gasteiger partial charge in [0.15, 0.2) is 0 Å². The highest BCUT2D eigenvalue weighted by atomic mass is 16.5. The van der Waals surface area contributed by atoms with Crippen LogP contribution in [0.2, 0.25) is 0 Å². The normalized spacial score (nSPS) is 11.1. The Kier molecular flexibility index (Phi) is 5.34. The quantitative estimate of drug-likeness (QED) is 0.838. The zero-order chi connectivity index (χ0) is 13.7. The van der Waals surface area contributed by atoms with Crippen LogP contribution in [0.5, 0.6) is 5.88 Å². The van der Waals surface area contributed by atoms with Crippen LogP contribution in [0.15, 0.2) is 0 Å². The van der Waals surface area contributed by atoms with Crippen molar-refractivity contribution in [2.45, 2.75) is 26.7 Å². The highest BCUT2D eigenvalue weighted by molar-refractivity contribution is 5.48. The van der Waals surface area contributed by atoms with Crippen molar-refractivity contribution in [3.05, 3.63) is 11.4 Å². The Morgan fingerprint density at radius 2 is 1.94 bits per heavy atom. The van der Waals surface area contributed by atoms with Crippen molar-refractivity contribution in [3.8, 4) is 5.88 Å². The molecule has 0 unspecified atom stereocenters. The molecule has 5 nitrogen and oxygen atoms in total. The number of nitrogens with zero attached hydrogens (tertiary/aromatic N) is 3. The Labute approximate surface area is 110 Å². The monoisotopic (exact) mass is 252 g/mol.